The zero-order chi connectivity index (χ0) is 31.1. The predicted molar refractivity (Wildman–Crippen MR) is 178 cm³/mol. The Balaban J connectivity index is 1.22. The second-order valence-electron chi connectivity index (χ2n) is 11.3. The molecule has 10 heteroatoms. The number of aromatic nitrogens is 2. The lowest BCUT2D eigenvalue weighted by Crippen LogP contribution is -2.21. The van der Waals surface area contributed by atoms with Crippen molar-refractivity contribution in [2.24, 2.45) is 15.9 Å². The maximum Gasteiger partial charge on any atom is 0.230 e. The van der Waals surface area contributed by atoms with Crippen molar-refractivity contribution in [1.29, 1.82) is 10.5 Å². The molecule has 224 valence electrons. The number of nitrogens with one attached hydrogen (secondary N) is 1. The van der Waals surface area contributed by atoms with Gasteiger partial charge in [0.1, 0.15) is 5.01 Å². The lowest BCUT2D eigenvalue weighted by atomic mass is 9.80. The third-order valence-corrected chi connectivity index (χ3v) is 10.5. The van der Waals surface area contributed by atoms with E-state index in [0.717, 1.165) is 65.5 Å². The highest BCUT2D eigenvalue weighted by atomic mass is 32.2. The van der Waals surface area contributed by atoms with Crippen LogP contribution >= 0.6 is 23.1 Å². The lowest BCUT2D eigenvalue weighted by molar-refractivity contribution is -0.115. The first-order valence-corrected chi connectivity index (χ1v) is 16.6. The normalized spacial score (nSPS) is 20.4. The number of carbonyl (C=O) groups is 1. The SMILES string of the molecule is CCC(Cc1ccc(C#N)cc1)=NC1=NC(C)C(C)=C(C2CCCC(c3nnc(NC(=O)Cc4ccc(C#N)cc4)s3)C2)S1. The molecule has 3 aromatic rings. The van der Waals surface area contributed by atoms with Crippen molar-refractivity contribution >= 4 is 45.0 Å². The van der Waals surface area contributed by atoms with Gasteiger partial charge in [-0.05, 0) is 91.3 Å². The van der Waals surface area contributed by atoms with Crippen molar-refractivity contribution in [3.63, 3.8) is 0 Å². The average molecular weight is 622 g/mol. The molecule has 2 heterocycles. The van der Waals surface area contributed by atoms with E-state index in [0.29, 0.717) is 28.1 Å². The first-order valence-electron chi connectivity index (χ1n) is 15.0. The van der Waals surface area contributed by atoms with E-state index >= 15 is 0 Å². The van der Waals surface area contributed by atoms with E-state index in [-0.39, 0.29) is 18.4 Å². The lowest BCUT2D eigenvalue weighted by Gasteiger charge is -2.32. The Bertz CT molecular complexity index is 1670. The Morgan fingerprint density at radius 2 is 1.61 bits per heavy atom. The average Bonchev–Trinajstić information content (AvgIpc) is 3.51. The van der Waals surface area contributed by atoms with Gasteiger partial charge in [-0.1, -0.05) is 60.7 Å². The number of allylic oxidation sites excluding steroid dienone is 1. The van der Waals surface area contributed by atoms with Gasteiger partial charge in [-0.15, -0.1) is 10.2 Å². The number of amidine groups is 1. The Labute approximate surface area is 267 Å². The van der Waals surface area contributed by atoms with Crippen molar-refractivity contribution < 1.29 is 4.79 Å². The van der Waals surface area contributed by atoms with E-state index in [1.807, 2.05) is 24.3 Å². The van der Waals surface area contributed by atoms with E-state index in [4.69, 9.17) is 20.5 Å². The number of hydrogen-bond acceptors (Lipinski definition) is 9. The van der Waals surface area contributed by atoms with Crippen LogP contribution in [-0.4, -0.2) is 33.0 Å². The third-order valence-electron chi connectivity index (χ3n) is 8.20. The minimum Gasteiger partial charge on any atom is -0.300 e. The first kappa shape index (κ1) is 31.3. The second-order valence-corrected chi connectivity index (χ2v) is 13.3. The summed E-state index contributed by atoms with van der Waals surface area (Å²) in [5.74, 6) is 0.550. The molecule has 3 atom stereocenters. The maximum atomic E-state index is 12.6. The molecule has 1 fully saturated rings. The summed E-state index contributed by atoms with van der Waals surface area (Å²) >= 11 is 3.18. The molecule has 44 heavy (non-hydrogen) atoms. The molecule has 1 aliphatic heterocycles. The van der Waals surface area contributed by atoms with E-state index in [2.05, 4.69) is 48.4 Å². The largest absolute Gasteiger partial charge is 0.300 e. The highest BCUT2D eigenvalue weighted by molar-refractivity contribution is 8.17. The molecule has 0 spiro atoms. The molecule has 1 amide bonds. The molecule has 1 N–H and O–H groups in total. The van der Waals surface area contributed by atoms with Gasteiger partial charge in [-0.25, -0.2) is 4.99 Å². The van der Waals surface area contributed by atoms with Crippen LogP contribution in [0.1, 0.15) is 86.1 Å². The number of thioether (sulfide) groups is 1. The third kappa shape index (κ3) is 7.88. The summed E-state index contributed by atoms with van der Waals surface area (Å²) in [6, 6.07) is 19.1. The van der Waals surface area contributed by atoms with Crippen LogP contribution in [0, 0.1) is 28.6 Å². The Kier molecular flexibility index (Phi) is 10.4. The molecule has 2 aromatic carbocycles. The molecule has 1 saturated carbocycles. The summed E-state index contributed by atoms with van der Waals surface area (Å²) in [7, 11) is 0. The zero-order valence-electron chi connectivity index (χ0n) is 25.2. The van der Waals surface area contributed by atoms with Crippen LogP contribution < -0.4 is 5.32 Å². The van der Waals surface area contributed by atoms with Gasteiger partial charge in [0, 0.05) is 18.1 Å². The number of nitrogens with zero attached hydrogens (tertiary/aromatic N) is 6. The number of rotatable bonds is 8. The fraction of sp³-hybridized carbons (Fsp3) is 0.382. The van der Waals surface area contributed by atoms with Crippen LogP contribution in [0.2, 0.25) is 0 Å². The molecule has 5 rings (SSSR count). The van der Waals surface area contributed by atoms with Crippen LogP contribution in [0.25, 0.3) is 0 Å². The molecule has 1 aliphatic carbocycles. The van der Waals surface area contributed by atoms with Crippen LogP contribution in [0.15, 0.2) is 69.0 Å². The number of anilines is 1. The van der Waals surface area contributed by atoms with Gasteiger partial charge >= 0.3 is 0 Å². The fourth-order valence-corrected chi connectivity index (χ4v) is 7.79. The van der Waals surface area contributed by atoms with E-state index < -0.39 is 0 Å². The van der Waals surface area contributed by atoms with Gasteiger partial charge in [-0.3, -0.25) is 9.79 Å². The summed E-state index contributed by atoms with van der Waals surface area (Å²) in [5.41, 5.74) is 5.62. The van der Waals surface area contributed by atoms with Crippen molar-refractivity contribution in [2.45, 2.75) is 77.7 Å². The molecule has 0 saturated heterocycles. The zero-order valence-corrected chi connectivity index (χ0v) is 26.8. The summed E-state index contributed by atoms with van der Waals surface area (Å²) in [4.78, 5) is 24.0. The number of nitriles is 2. The molecule has 0 radical (unpaired) electrons. The summed E-state index contributed by atoms with van der Waals surface area (Å²) in [5, 5.41) is 32.1. The van der Waals surface area contributed by atoms with E-state index in [9.17, 15) is 4.79 Å². The minimum absolute atomic E-state index is 0.0813. The van der Waals surface area contributed by atoms with Crippen molar-refractivity contribution in [1.82, 2.24) is 10.2 Å². The van der Waals surface area contributed by atoms with Gasteiger partial charge < -0.3 is 5.32 Å². The van der Waals surface area contributed by atoms with Crippen LogP contribution in [0.5, 0.6) is 0 Å². The van der Waals surface area contributed by atoms with Gasteiger partial charge in [0.15, 0.2) is 5.17 Å². The number of amides is 1. The topological polar surface area (TPSA) is 127 Å². The fourth-order valence-electron chi connectivity index (χ4n) is 5.59. The Hall–Kier alpha value is -4.12. The molecule has 2 aliphatic rings. The van der Waals surface area contributed by atoms with Gasteiger partial charge in [0.05, 0.1) is 35.7 Å². The standard InChI is InChI=1S/C34H35N7OS2/c1-4-29(16-23-8-12-25(19-35)13-9-23)38-33-37-22(3)21(2)31(43-33)27-6-5-7-28(18-27)32-40-41-34(44-32)39-30(42)17-24-10-14-26(20-36)15-11-24/h8-15,22,27-28H,4-7,16-18H2,1-3H3,(H,39,41,42). The van der Waals surface area contributed by atoms with Crippen LogP contribution in [0.3, 0.4) is 0 Å². The maximum absolute atomic E-state index is 12.6. The molecule has 1 aromatic heterocycles. The van der Waals surface area contributed by atoms with Crippen LogP contribution in [-0.2, 0) is 17.6 Å². The summed E-state index contributed by atoms with van der Waals surface area (Å²) < 4.78 is 0. The highest BCUT2D eigenvalue weighted by Crippen LogP contribution is 2.46. The molecule has 8 nitrogen and oxygen atoms in total. The second kappa shape index (κ2) is 14.6. The molecular formula is C34H35N7OS2. The van der Waals surface area contributed by atoms with Crippen molar-refractivity contribution in [2.75, 3.05) is 5.32 Å². The Morgan fingerprint density at radius 1 is 0.977 bits per heavy atom. The monoisotopic (exact) mass is 621 g/mol. The van der Waals surface area contributed by atoms with Gasteiger partial charge in [-0.2, -0.15) is 10.5 Å². The van der Waals surface area contributed by atoms with E-state index in [1.165, 1.54) is 21.8 Å². The quantitative estimate of drug-likeness (QED) is 0.258. The van der Waals surface area contributed by atoms with Crippen LogP contribution in [0.4, 0.5) is 5.13 Å². The summed E-state index contributed by atoms with van der Waals surface area (Å²) in [6.45, 7) is 6.47. The highest BCUT2D eigenvalue weighted by Gasteiger charge is 2.32. The molecule has 0 bridgehead atoms. The smallest absolute Gasteiger partial charge is 0.230 e. The number of benzene rings is 2. The number of hydrogen-bond donors (Lipinski definition) is 1. The molecular weight excluding hydrogens is 587 g/mol. The molecule has 3 unspecified atom stereocenters. The van der Waals surface area contributed by atoms with Crippen molar-refractivity contribution in [3.05, 3.63) is 86.3 Å². The van der Waals surface area contributed by atoms with E-state index in [1.54, 1.807) is 36.0 Å². The predicted octanol–water partition coefficient (Wildman–Crippen LogP) is 7.60. The number of carbonyl (C=O) groups excluding carboxylic acids is 1. The minimum atomic E-state index is -0.148. The van der Waals surface area contributed by atoms with Gasteiger partial charge in [0.25, 0.3) is 0 Å². The first-order chi connectivity index (χ1) is 21.3. The number of aliphatic imine (C=N–C) groups is 2. The Morgan fingerprint density at radius 3 is 2.25 bits per heavy atom. The summed E-state index contributed by atoms with van der Waals surface area (Å²) in [6.07, 6.45) is 6.07. The van der Waals surface area contributed by atoms with Crippen molar-refractivity contribution in [3.8, 4) is 12.1 Å². The van der Waals surface area contributed by atoms with Gasteiger partial charge in [0.2, 0.25) is 11.0 Å².